The molecule has 0 unspecified atom stereocenters. The molecule has 0 saturated carbocycles. The topological polar surface area (TPSA) is 97.8 Å². The summed E-state index contributed by atoms with van der Waals surface area (Å²) in [4.78, 5) is 34.4. The molecule has 1 saturated heterocycles. The molecule has 40 heavy (non-hydrogen) atoms. The zero-order valence-electron chi connectivity index (χ0n) is 21.3. The summed E-state index contributed by atoms with van der Waals surface area (Å²) >= 11 is 26.8. The van der Waals surface area contributed by atoms with Crippen molar-refractivity contribution in [1.29, 1.82) is 0 Å². The number of rotatable bonds is 5. The molecule has 0 bridgehead atoms. The van der Waals surface area contributed by atoms with Gasteiger partial charge in [-0.2, -0.15) is 0 Å². The second-order valence-corrected chi connectivity index (χ2v) is 10.8. The summed E-state index contributed by atoms with van der Waals surface area (Å²) in [5, 5.41) is 16.7. The summed E-state index contributed by atoms with van der Waals surface area (Å²) in [7, 11) is 2.09. The summed E-state index contributed by atoms with van der Waals surface area (Å²) < 4.78 is 0.0895. The number of nitrogens with one attached hydrogen (secondary N) is 2. The molecule has 13 heteroatoms. The Bertz CT molecular complexity index is 1370. The first-order valence-corrected chi connectivity index (χ1v) is 13.9. The number of benzene rings is 2. The van der Waals surface area contributed by atoms with Crippen molar-refractivity contribution in [3.05, 3.63) is 85.9 Å². The van der Waals surface area contributed by atoms with E-state index in [1.807, 2.05) is 6.07 Å². The maximum absolute atomic E-state index is 13.0. The highest BCUT2D eigenvalue weighted by molar-refractivity contribution is 6.58. The number of likely N-dealkylation sites (N-methyl/N-ethyl adjacent to an activating group) is 1. The average molecular weight is 646 g/mol. The highest BCUT2D eigenvalue weighted by Crippen LogP contribution is 2.28. The van der Waals surface area contributed by atoms with Gasteiger partial charge in [-0.05, 0) is 62.5 Å². The van der Waals surface area contributed by atoms with Crippen LogP contribution in [0.1, 0.15) is 27.1 Å². The highest BCUT2D eigenvalue weighted by Gasteiger charge is 2.19. The molecular formula is C27H26Cl5N5O3. The van der Waals surface area contributed by atoms with E-state index in [4.69, 9.17) is 58.0 Å². The number of carbonyl (C=O) groups is 2. The Labute approximate surface area is 257 Å². The molecule has 0 aliphatic carbocycles. The third-order valence-corrected chi connectivity index (χ3v) is 6.96. The third kappa shape index (κ3) is 9.44. The number of carbonyl (C=O) groups excluding carboxylic acids is 2. The van der Waals surface area contributed by atoms with Crippen LogP contribution < -0.4 is 15.5 Å². The smallest absolute Gasteiger partial charge is 0.259 e. The lowest BCUT2D eigenvalue weighted by atomic mass is 10.1. The van der Waals surface area contributed by atoms with Crippen molar-refractivity contribution in [2.24, 2.45) is 0 Å². The van der Waals surface area contributed by atoms with Crippen LogP contribution in [0, 0.1) is 0 Å². The fourth-order valence-electron chi connectivity index (χ4n) is 3.85. The van der Waals surface area contributed by atoms with Gasteiger partial charge >= 0.3 is 0 Å². The van der Waals surface area contributed by atoms with Crippen LogP contribution in [0.15, 0.2) is 64.8 Å². The van der Waals surface area contributed by atoms with Gasteiger partial charge in [-0.25, -0.2) is 4.98 Å². The van der Waals surface area contributed by atoms with E-state index in [9.17, 15) is 14.7 Å². The predicted octanol–water partition coefficient (Wildman–Crippen LogP) is 7.24. The van der Waals surface area contributed by atoms with Gasteiger partial charge in [-0.15, -0.1) is 0 Å². The molecule has 3 aromatic rings. The zero-order valence-corrected chi connectivity index (χ0v) is 25.1. The van der Waals surface area contributed by atoms with E-state index in [-0.39, 0.29) is 27.1 Å². The molecule has 0 spiro atoms. The molecule has 3 N–H and O–H groups in total. The Kier molecular flexibility index (Phi) is 12.2. The lowest BCUT2D eigenvalue weighted by molar-refractivity contribution is 0.102. The molecule has 1 aliphatic rings. The first-order valence-electron chi connectivity index (χ1n) is 12.0. The molecule has 0 radical (unpaired) electrons. The van der Waals surface area contributed by atoms with Crippen LogP contribution >= 0.6 is 58.0 Å². The lowest BCUT2D eigenvalue weighted by Crippen LogP contribution is -2.28. The van der Waals surface area contributed by atoms with Gasteiger partial charge in [-0.1, -0.05) is 58.0 Å². The number of hydrogen-bond donors (Lipinski definition) is 3. The van der Waals surface area contributed by atoms with Gasteiger partial charge in [0.1, 0.15) is 16.1 Å². The monoisotopic (exact) mass is 643 g/mol. The predicted molar refractivity (Wildman–Crippen MR) is 165 cm³/mol. The molecule has 1 aromatic heterocycles. The number of halogens is 5. The molecule has 0 atom stereocenters. The molecule has 1 aliphatic heterocycles. The van der Waals surface area contributed by atoms with Crippen LogP contribution in [0.4, 0.5) is 17.2 Å². The maximum Gasteiger partial charge on any atom is 0.259 e. The lowest BCUT2D eigenvalue weighted by Gasteiger charge is -2.23. The van der Waals surface area contributed by atoms with Crippen molar-refractivity contribution in [1.82, 2.24) is 9.88 Å². The Morgan fingerprint density at radius 2 is 1.60 bits per heavy atom. The number of nitrogens with zero attached hydrogens (tertiary/aromatic N) is 3. The van der Waals surface area contributed by atoms with E-state index < -0.39 is 11.8 Å². The van der Waals surface area contributed by atoms with Gasteiger partial charge in [0.05, 0.1) is 21.8 Å². The SMILES string of the molecule is CN1CCCN(c2ccc(C(=O)Nc3ccc(Cl)cc3C(=O)Nc3ccc(Cl)cn3)c(O)c2)CC1.ClC=C(Cl)Cl. The van der Waals surface area contributed by atoms with E-state index in [1.165, 1.54) is 18.3 Å². The van der Waals surface area contributed by atoms with Crippen molar-refractivity contribution >= 4 is 87.0 Å². The van der Waals surface area contributed by atoms with Gasteiger partial charge in [0, 0.05) is 48.1 Å². The molecular weight excluding hydrogens is 620 g/mol. The standard InChI is InChI=1S/C25H25Cl2N5O3.C2HCl3/c1-31-9-2-10-32(12-11-31)18-5-6-19(22(33)14-18)24(34)29-21-7-3-16(26)13-20(21)25(35)30-23-8-4-17(27)15-28-23;3-1-2(4)5/h3-8,13-15,33H,2,9-12H2,1H3,(H,29,34)(H,28,30,35);1H. The largest absolute Gasteiger partial charge is 0.507 e. The number of phenols is 1. The van der Waals surface area contributed by atoms with Gasteiger partial charge in [0.25, 0.3) is 11.8 Å². The van der Waals surface area contributed by atoms with Crippen LogP contribution in [0.5, 0.6) is 5.75 Å². The first-order chi connectivity index (χ1) is 19.1. The number of amides is 2. The van der Waals surface area contributed by atoms with Crippen molar-refractivity contribution in [2.45, 2.75) is 6.42 Å². The van der Waals surface area contributed by atoms with E-state index in [0.29, 0.717) is 15.9 Å². The van der Waals surface area contributed by atoms with Crippen molar-refractivity contribution in [3.63, 3.8) is 0 Å². The maximum atomic E-state index is 13.0. The van der Waals surface area contributed by atoms with Gasteiger partial charge in [0.15, 0.2) is 0 Å². The summed E-state index contributed by atoms with van der Waals surface area (Å²) in [6.45, 7) is 3.66. The van der Waals surface area contributed by atoms with E-state index in [2.05, 4.69) is 32.5 Å². The summed E-state index contributed by atoms with van der Waals surface area (Å²) in [5.74, 6) is -0.901. The second-order valence-electron chi connectivity index (χ2n) is 8.70. The number of aromatic nitrogens is 1. The van der Waals surface area contributed by atoms with E-state index in [0.717, 1.165) is 43.8 Å². The van der Waals surface area contributed by atoms with Gasteiger partial charge in [-0.3, -0.25) is 9.59 Å². The normalized spacial score (nSPS) is 13.4. The van der Waals surface area contributed by atoms with E-state index in [1.54, 1.807) is 30.3 Å². The van der Waals surface area contributed by atoms with Crippen LogP contribution in [0.3, 0.4) is 0 Å². The van der Waals surface area contributed by atoms with Crippen LogP contribution in [0.2, 0.25) is 10.0 Å². The van der Waals surface area contributed by atoms with Crippen LogP contribution in [-0.4, -0.2) is 60.0 Å². The number of pyridine rings is 1. The van der Waals surface area contributed by atoms with Crippen molar-refractivity contribution in [3.8, 4) is 5.75 Å². The minimum Gasteiger partial charge on any atom is -0.507 e. The molecule has 2 amide bonds. The molecule has 1 fully saturated rings. The number of anilines is 3. The fourth-order valence-corrected chi connectivity index (χ4v) is 4.13. The second kappa shape index (κ2) is 15.3. The Balaban J connectivity index is 0.000000810. The van der Waals surface area contributed by atoms with Crippen molar-refractivity contribution < 1.29 is 14.7 Å². The summed E-state index contributed by atoms with van der Waals surface area (Å²) in [6.07, 6.45) is 2.43. The Morgan fingerprint density at radius 3 is 2.25 bits per heavy atom. The molecule has 8 nitrogen and oxygen atoms in total. The zero-order chi connectivity index (χ0) is 29.2. The fraction of sp³-hybridized carbons (Fsp3) is 0.222. The quantitative estimate of drug-likeness (QED) is 0.271. The minimum atomic E-state index is -0.550. The molecule has 212 valence electrons. The highest BCUT2D eigenvalue weighted by atomic mass is 35.5. The van der Waals surface area contributed by atoms with Crippen molar-refractivity contribution in [2.75, 3.05) is 48.8 Å². The molecule has 2 heterocycles. The average Bonchev–Trinajstić information content (AvgIpc) is 3.15. The molecule has 2 aromatic carbocycles. The van der Waals surface area contributed by atoms with Crippen LogP contribution in [-0.2, 0) is 0 Å². The van der Waals surface area contributed by atoms with E-state index >= 15 is 0 Å². The summed E-state index contributed by atoms with van der Waals surface area (Å²) in [5.41, 5.74) is 2.43. The number of phenolic OH excluding ortho intramolecular Hbond substituents is 1. The van der Waals surface area contributed by atoms with Gasteiger partial charge in [0.2, 0.25) is 0 Å². The number of hydrogen-bond acceptors (Lipinski definition) is 6. The number of aromatic hydroxyl groups is 1. The minimum absolute atomic E-state index is 0.0895. The van der Waals surface area contributed by atoms with Gasteiger partial charge < -0.3 is 25.5 Å². The third-order valence-electron chi connectivity index (χ3n) is 5.84. The Hall–Kier alpha value is -2.72. The molecule has 4 rings (SSSR count). The summed E-state index contributed by atoms with van der Waals surface area (Å²) in [6, 6.07) is 12.7. The first kappa shape index (κ1) is 31.8. The van der Waals surface area contributed by atoms with Crippen LogP contribution in [0.25, 0.3) is 0 Å². The Morgan fingerprint density at radius 1 is 0.900 bits per heavy atom.